The zero-order chi connectivity index (χ0) is 17.9. The van der Waals surface area contributed by atoms with Gasteiger partial charge in [-0.05, 0) is 6.07 Å². The van der Waals surface area contributed by atoms with Crippen LogP contribution >= 0.6 is 0 Å². The molecule has 1 aliphatic rings. The highest BCUT2D eigenvalue weighted by Gasteiger charge is 2.45. The Labute approximate surface area is 138 Å². The lowest BCUT2D eigenvalue weighted by Crippen LogP contribution is -2.38. The SMILES string of the molecule is CN(C)C(=O)CCO[C@@H]1[C@H](O)[C@@H](CO)O[C@H]1n1ccc(N)nc1=O. The van der Waals surface area contributed by atoms with Crippen LogP contribution in [0.3, 0.4) is 0 Å². The van der Waals surface area contributed by atoms with Gasteiger partial charge in [0.25, 0.3) is 0 Å². The minimum absolute atomic E-state index is 0.0356. The van der Waals surface area contributed by atoms with Gasteiger partial charge in [-0.3, -0.25) is 9.36 Å². The number of hydrogen-bond donors (Lipinski definition) is 3. The van der Waals surface area contributed by atoms with Crippen LogP contribution in [0.25, 0.3) is 0 Å². The summed E-state index contributed by atoms with van der Waals surface area (Å²) >= 11 is 0. The molecule has 1 fully saturated rings. The van der Waals surface area contributed by atoms with Gasteiger partial charge in [0, 0.05) is 20.3 Å². The number of aromatic nitrogens is 2. The van der Waals surface area contributed by atoms with E-state index in [9.17, 15) is 19.8 Å². The first kappa shape index (κ1) is 18.3. The molecule has 4 atom stereocenters. The number of aliphatic hydroxyl groups excluding tert-OH is 2. The van der Waals surface area contributed by atoms with E-state index < -0.39 is 36.8 Å². The van der Waals surface area contributed by atoms with Gasteiger partial charge in [0.1, 0.15) is 24.1 Å². The van der Waals surface area contributed by atoms with Crippen molar-refractivity contribution in [3.8, 4) is 0 Å². The second-order valence-corrected chi connectivity index (χ2v) is 5.65. The van der Waals surface area contributed by atoms with E-state index in [2.05, 4.69) is 4.98 Å². The molecule has 0 radical (unpaired) electrons. The molecule has 1 aliphatic heterocycles. The molecule has 0 bridgehead atoms. The zero-order valence-corrected chi connectivity index (χ0v) is 13.5. The van der Waals surface area contributed by atoms with E-state index in [-0.39, 0.29) is 24.8 Å². The van der Waals surface area contributed by atoms with Gasteiger partial charge in [-0.1, -0.05) is 0 Å². The average molecular weight is 342 g/mol. The molecule has 10 heteroatoms. The van der Waals surface area contributed by atoms with Crippen LogP contribution in [0.1, 0.15) is 12.6 Å². The Morgan fingerprint density at radius 2 is 2.25 bits per heavy atom. The topological polar surface area (TPSA) is 140 Å². The second kappa shape index (κ2) is 7.71. The molecule has 2 heterocycles. The lowest BCUT2D eigenvalue weighted by atomic mass is 10.1. The number of nitrogens with zero attached hydrogens (tertiary/aromatic N) is 3. The Balaban J connectivity index is 2.15. The normalized spacial score (nSPS) is 26.5. The van der Waals surface area contributed by atoms with Crippen LogP contribution < -0.4 is 11.4 Å². The zero-order valence-electron chi connectivity index (χ0n) is 13.5. The monoisotopic (exact) mass is 342 g/mol. The number of nitrogen functional groups attached to an aromatic ring is 1. The first-order chi connectivity index (χ1) is 11.3. The molecule has 24 heavy (non-hydrogen) atoms. The first-order valence-corrected chi connectivity index (χ1v) is 7.46. The van der Waals surface area contributed by atoms with Crippen LogP contribution in [0.2, 0.25) is 0 Å². The van der Waals surface area contributed by atoms with Gasteiger partial charge in [-0.2, -0.15) is 4.98 Å². The fourth-order valence-corrected chi connectivity index (χ4v) is 2.40. The number of hydrogen-bond acceptors (Lipinski definition) is 8. The van der Waals surface area contributed by atoms with E-state index in [4.69, 9.17) is 15.2 Å². The predicted molar refractivity (Wildman–Crippen MR) is 83.0 cm³/mol. The molecule has 0 aliphatic carbocycles. The molecule has 0 aromatic carbocycles. The first-order valence-electron chi connectivity index (χ1n) is 7.46. The third-order valence-electron chi connectivity index (χ3n) is 3.74. The van der Waals surface area contributed by atoms with Crippen molar-refractivity contribution in [2.75, 3.05) is 33.0 Å². The van der Waals surface area contributed by atoms with Gasteiger partial charge in [0.05, 0.1) is 19.6 Å². The van der Waals surface area contributed by atoms with E-state index in [1.807, 2.05) is 0 Å². The molecule has 4 N–H and O–H groups in total. The van der Waals surface area contributed by atoms with E-state index >= 15 is 0 Å². The van der Waals surface area contributed by atoms with Crippen LogP contribution in [-0.2, 0) is 14.3 Å². The van der Waals surface area contributed by atoms with Crippen LogP contribution in [0, 0.1) is 0 Å². The van der Waals surface area contributed by atoms with Crippen molar-refractivity contribution in [2.24, 2.45) is 0 Å². The fourth-order valence-electron chi connectivity index (χ4n) is 2.40. The molecule has 2 rings (SSSR count). The number of ether oxygens (including phenoxy) is 2. The Morgan fingerprint density at radius 3 is 2.83 bits per heavy atom. The molecule has 0 spiro atoms. The molecule has 1 aromatic heterocycles. The van der Waals surface area contributed by atoms with Crippen molar-refractivity contribution in [1.82, 2.24) is 14.5 Å². The highest BCUT2D eigenvalue weighted by atomic mass is 16.6. The summed E-state index contributed by atoms with van der Waals surface area (Å²) in [5.74, 6) is -0.0764. The molecule has 0 saturated carbocycles. The van der Waals surface area contributed by atoms with E-state index in [0.717, 1.165) is 4.57 Å². The van der Waals surface area contributed by atoms with Crippen LogP contribution in [0.15, 0.2) is 17.1 Å². The van der Waals surface area contributed by atoms with Gasteiger partial charge >= 0.3 is 5.69 Å². The number of carbonyl (C=O) groups is 1. The van der Waals surface area contributed by atoms with Crippen LogP contribution in [0.4, 0.5) is 5.82 Å². The summed E-state index contributed by atoms with van der Waals surface area (Å²) in [6.07, 6.45) is -2.48. The molecule has 134 valence electrons. The maximum absolute atomic E-state index is 12.0. The molecule has 1 aromatic rings. The highest BCUT2D eigenvalue weighted by molar-refractivity contribution is 5.75. The Kier molecular flexibility index (Phi) is 5.89. The molecule has 1 saturated heterocycles. The quantitative estimate of drug-likeness (QED) is 0.536. The largest absolute Gasteiger partial charge is 0.394 e. The van der Waals surface area contributed by atoms with Gasteiger partial charge in [0.2, 0.25) is 5.91 Å². The molecule has 0 unspecified atom stereocenters. The minimum atomic E-state index is -1.15. The number of carbonyl (C=O) groups excluding carboxylic acids is 1. The van der Waals surface area contributed by atoms with Crippen LogP contribution in [-0.4, -0.2) is 76.2 Å². The fraction of sp³-hybridized carbons (Fsp3) is 0.643. The maximum atomic E-state index is 12.0. The molecular weight excluding hydrogens is 320 g/mol. The summed E-state index contributed by atoms with van der Waals surface area (Å²) in [6.45, 7) is -0.404. The summed E-state index contributed by atoms with van der Waals surface area (Å²) in [5, 5.41) is 19.5. The van der Waals surface area contributed by atoms with Gasteiger partial charge in [0.15, 0.2) is 6.23 Å². The highest BCUT2D eigenvalue weighted by Crippen LogP contribution is 2.30. The number of anilines is 1. The third kappa shape index (κ3) is 3.90. The number of aliphatic hydroxyl groups is 2. The predicted octanol–water partition coefficient (Wildman–Crippen LogP) is -2.06. The van der Waals surface area contributed by atoms with Gasteiger partial charge in [-0.15, -0.1) is 0 Å². The second-order valence-electron chi connectivity index (χ2n) is 5.65. The third-order valence-corrected chi connectivity index (χ3v) is 3.74. The summed E-state index contributed by atoms with van der Waals surface area (Å²) in [7, 11) is 3.25. The maximum Gasteiger partial charge on any atom is 0.351 e. The lowest BCUT2D eigenvalue weighted by molar-refractivity contribution is -0.132. The summed E-state index contributed by atoms with van der Waals surface area (Å²) in [6, 6.07) is 1.41. The van der Waals surface area contributed by atoms with Crippen molar-refractivity contribution < 1.29 is 24.5 Å². The lowest BCUT2D eigenvalue weighted by Gasteiger charge is -2.22. The van der Waals surface area contributed by atoms with Crippen molar-refractivity contribution in [3.05, 3.63) is 22.7 Å². The minimum Gasteiger partial charge on any atom is -0.394 e. The molecular formula is C14H22N4O6. The summed E-state index contributed by atoms with van der Waals surface area (Å²) in [5.41, 5.74) is 4.79. The standard InChI is InChI=1S/C14H22N4O6/c1-17(2)10(20)4-6-23-12-11(21)8(7-19)24-13(12)18-5-3-9(15)16-14(18)22/h3,5,8,11-13,19,21H,4,6-7H2,1-2H3,(H2,15,16,22)/t8-,11-,12-,13-/m1/s1. The van der Waals surface area contributed by atoms with Crippen molar-refractivity contribution in [2.45, 2.75) is 31.0 Å². The van der Waals surface area contributed by atoms with Gasteiger partial charge < -0.3 is 30.3 Å². The van der Waals surface area contributed by atoms with Crippen molar-refractivity contribution in [1.29, 1.82) is 0 Å². The molecule has 10 nitrogen and oxygen atoms in total. The van der Waals surface area contributed by atoms with E-state index in [1.54, 1.807) is 14.1 Å². The number of nitrogens with two attached hydrogens (primary N) is 1. The van der Waals surface area contributed by atoms with E-state index in [0.29, 0.717) is 0 Å². The van der Waals surface area contributed by atoms with Crippen molar-refractivity contribution >= 4 is 11.7 Å². The van der Waals surface area contributed by atoms with Crippen LogP contribution in [0.5, 0.6) is 0 Å². The smallest absolute Gasteiger partial charge is 0.351 e. The van der Waals surface area contributed by atoms with Gasteiger partial charge in [-0.25, -0.2) is 4.79 Å². The Bertz CT molecular complexity index is 634. The Morgan fingerprint density at radius 1 is 1.54 bits per heavy atom. The summed E-state index contributed by atoms with van der Waals surface area (Å²) < 4.78 is 12.2. The Hall–Kier alpha value is -2.01. The van der Waals surface area contributed by atoms with E-state index in [1.165, 1.54) is 17.2 Å². The number of amides is 1. The average Bonchev–Trinajstić information content (AvgIpc) is 2.83. The summed E-state index contributed by atoms with van der Waals surface area (Å²) in [4.78, 5) is 28.6. The molecule has 1 amide bonds. The number of rotatable bonds is 6. The van der Waals surface area contributed by atoms with Crippen molar-refractivity contribution in [3.63, 3.8) is 0 Å².